The average Bonchev–Trinajstić information content (AvgIpc) is 2.72. The number of epoxide rings is 1. The van der Waals surface area contributed by atoms with Gasteiger partial charge < -0.3 is 14.6 Å². The van der Waals surface area contributed by atoms with Crippen LogP contribution in [0.4, 0.5) is 0 Å². The molecule has 0 amide bonds. The van der Waals surface area contributed by atoms with Crippen molar-refractivity contribution in [3.63, 3.8) is 0 Å². The summed E-state index contributed by atoms with van der Waals surface area (Å²) in [5.74, 6) is -0.121. The molecule has 2 heterocycles. The second-order valence-corrected chi connectivity index (χ2v) is 7.08. The number of esters is 1. The Labute approximate surface area is 112 Å². The second-order valence-electron chi connectivity index (χ2n) is 7.08. The van der Waals surface area contributed by atoms with Gasteiger partial charge in [-0.25, -0.2) is 4.79 Å². The largest absolute Gasteiger partial charge is 0.454 e. The van der Waals surface area contributed by atoms with Crippen molar-refractivity contribution in [2.75, 3.05) is 0 Å². The van der Waals surface area contributed by atoms with Gasteiger partial charge in [0.05, 0.1) is 11.2 Å². The fourth-order valence-corrected chi connectivity index (χ4v) is 4.70. The van der Waals surface area contributed by atoms with E-state index in [1.54, 1.807) is 0 Å². The zero-order valence-corrected chi connectivity index (χ0v) is 11.7. The second kappa shape index (κ2) is 3.07. The maximum Gasteiger partial charge on any atom is 0.334 e. The molecule has 3 fully saturated rings. The molecule has 0 unspecified atom stereocenters. The van der Waals surface area contributed by atoms with Crippen molar-refractivity contribution in [1.82, 2.24) is 0 Å². The molecule has 0 radical (unpaired) electrons. The number of ether oxygens (including phenoxy) is 2. The van der Waals surface area contributed by atoms with E-state index in [9.17, 15) is 9.90 Å². The third kappa shape index (κ3) is 1.24. The van der Waals surface area contributed by atoms with Gasteiger partial charge in [0, 0.05) is 17.9 Å². The van der Waals surface area contributed by atoms with Crippen LogP contribution in [0.2, 0.25) is 0 Å². The Hall–Kier alpha value is -0.870. The highest BCUT2D eigenvalue weighted by atomic mass is 16.6. The number of fused-ring (bicyclic) bond motifs is 1. The van der Waals surface area contributed by atoms with E-state index in [1.807, 2.05) is 13.8 Å². The molecule has 2 aliphatic carbocycles. The Morgan fingerprint density at radius 1 is 1.32 bits per heavy atom. The third-order valence-electron chi connectivity index (χ3n) is 6.00. The van der Waals surface area contributed by atoms with Gasteiger partial charge in [0.2, 0.25) is 0 Å². The van der Waals surface area contributed by atoms with E-state index >= 15 is 0 Å². The molecule has 1 saturated heterocycles. The molecule has 19 heavy (non-hydrogen) atoms. The highest BCUT2D eigenvalue weighted by Crippen LogP contribution is 2.68. The summed E-state index contributed by atoms with van der Waals surface area (Å²) in [5, 5.41) is 10.7. The quantitative estimate of drug-likeness (QED) is 0.534. The van der Waals surface area contributed by atoms with Crippen molar-refractivity contribution in [2.45, 2.75) is 69.4 Å². The topological polar surface area (TPSA) is 59.1 Å². The summed E-state index contributed by atoms with van der Waals surface area (Å²) in [6.07, 6.45) is 3.01. The minimum atomic E-state index is -0.703. The smallest absolute Gasteiger partial charge is 0.334 e. The van der Waals surface area contributed by atoms with Crippen LogP contribution in [-0.2, 0) is 14.3 Å². The van der Waals surface area contributed by atoms with Crippen molar-refractivity contribution in [1.29, 1.82) is 0 Å². The average molecular weight is 264 g/mol. The van der Waals surface area contributed by atoms with Crippen molar-refractivity contribution in [2.24, 2.45) is 5.92 Å². The monoisotopic (exact) mass is 264 g/mol. The zero-order valence-electron chi connectivity index (χ0n) is 11.7. The Morgan fingerprint density at radius 3 is 2.79 bits per heavy atom. The molecule has 5 atom stereocenters. The van der Waals surface area contributed by atoms with Crippen LogP contribution in [-0.4, -0.2) is 34.0 Å². The van der Waals surface area contributed by atoms with Crippen molar-refractivity contribution >= 4 is 5.97 Å². The lowest BCUT2D eigenvalue weighted by molar-refractivity contribution is -0.140. The van der Waals surface area contributed by atoms with Gasteiger partial charge in [0.25, 0.3) is 0 Å². The molecule has 1 spiro atoms. The Balaban J connectivity index is 1.81. The lowest BCUT2D eigenvalue weighted by Crippen LogP contribution is -2.37. The van der Waals surface area contributed by atoms with E-state index in [0.717, 1.165) is 36.8 Å². The molecular weight excluding hydrogens is 244 g/mol. The summed E-state index contributed by atoms with van der Waals surface area (Å²) >= 11 is 0. The predicted octanol–water partition coefficient (Wildman–Crippen LogP) is 1.71. The third-order valence-corrected chi connectivity index (χ3v) is 6.00. The zero-order chi connectivity index (χ0) is 13.6. The van der Waals surface area contributed by atoms with Crippen molar-refractivity contribution in [3.8, 4) is 0 Å². The number of hydrogen-bond donors (Lipinski definition) is 1. The molecule has 1 N–H and O–H groups in total. The van der Waals surface area contributed by atoms with E-state index in [-0.39, 0.29) is 29.2 Å². The van der Waals surface area contributed by atoms with E-state index < -0.39 is 5.60 Å². The summed E-state index contributed by atoms with van der Waals surface area (Å²) in [4.78, 5) is 11.7. The van der Waals surface area contributed by atoms with Crippen LogP contribution in [0.3, 0.4) is 0 Å². The molecule has 0 aromatic heterocycles. The van der Waals surface area contributed by atoms with Crippen LogP contribution >= 0.6 is 0 Å². The first-order valence-electron chi connectivity index (χ1n) is 7.12. The van der Waals surface area contributed by atoms with Gasteiger partial charge in [-0.3, -0.25) is 0 Å². The first-order valence-corrected chi connectivity index (χ1v) is 7.12. The van der Waals surface area contributed by atoms with Crippen molar-refractivity contribution < 1.29 is 19.4 Å². The Kier molecular flexibility index (Phi) is 1.92. The van der Waals surface area contributed by atoms with E-state index in [4.69, 9.17) is 9.47 Å². The number of hydrogen-bond acceptors (Lipinski definition) is 4. The Bertz CT molecular complexity index is 520. The van der Waals surface area contributed by atoms with Gasteiger partial charge in [-0.2, -0.15) is 0 Å². The molecule has 2 saturated carbocycles. The lowest BCUT2D eigenvalue weighted by Gasteiger charge is -2.28. The molecule has 4 rings (SSSR count). The van der Waals surface area contributed by atoms with Crippen LogP contribution in [0.25, 0.3) is 0 Å². The van der Waals surface area contributed by atoms with Crippen LogP contribution in [0, 0.1) is 5.92 Å². The summed E-state index contributed by atoms with van der Waals surface area (Å²) in [6, 6.07) is 0. The van der Waals surface area contributed by atoms with E-state index in [1.165, 1.54) is 0 Å². The molecule has 0 aromatic carbocycles. The fraction of sp³-hybridized carbons (Fsp3) is 0.800. The first kappa shape index (κ1) is 11.9. The molecule has 4 heteroatoms. The summed E-state index contributed by atoms with van der Waals surface area (Å²) < 4.78 is 11.6. The number of carbonyl (C=O) groups excluding carboxylic acids is 1. The summed E-state index contributed by atoms with van der Waals surface area (Å²) in [7, 11) is 0. The fourth-order valence-electron chi connectivity index (χ4n) is 4.70. The summed E-state index contributed by atoms with van der Waals surface area (Å²) in [6.45, 7) is 5.85. The van der Waals surface area contributed by atoms with E-state index in [2.05, 4.69) is 6.92 Å². The number of carbonyl (C=O) groups is 1. The maximum atomic E-state index is 11.7. The molecule has 4 aliphatic rings. The van der Waals surface area contributed by atoms with Gasteiger partial charge in [-0.15, -0.1) is 0 Å². The Morgan fingerprint density at radius 2 is 2.05 bits per heavy atom. The predicted molar refractivity (Wildman–Crippen MR) is 67.4 cm³/mol. The van der Waals surface area contributed by atoms with Gasteiger partial charge in [0.1, 0.15) is 11.7 Å². The van der Waals surface area contributed by atoms with Gasteiger partial charge >= 0.3 is 5.97 Å². The SMILES string of the molecule is CC1=C2C[C@H]3[C@@](C)(O)CC[C@]34O[C@]4(C)C[C@@H]2OC1=O. The molecule has 104 valence electrons. The van der Waals surface area contributed by atoms with Crippen LogP contribution in [0.5, 0.6) is 0 Å². The molecule has 2 aliphatic heterocycles. The number of rotatable bonds is 0. The molecule has 0 bridgehead atoms. The standard InChI is InChI=1S/C15H20O4/c1-8-9-6-11-13(2,17)4-5-15(11)14(3,19-15)7-10(9)18-12(8)16/h10-11,17H,4-7H2,1-3H3/t10-,11-,13-,14+,15-/m0/s1. The van der Waals surface area contributed by atoms with Crippen LogP contribution in [0.15, 0.2) is 11.1 Å². The molecule has 0 aromatic rings. The molecule has 4 nitrogen and oxygen atoms in total. The van der Waals surface area contributed by atoms with Crippen LogP contribution < -0.4 is 0 Å². The van der Waals surface area contributed by atoms with Gasteiger partial charge in [-0.1, -0.05) is 0 Å². The molecular formula is C15H20O4. The summed E-state index contributed by atoms with van der Waals surface area (Å²) in [5.41, 5.74) is 0.697. The van der Waals surface area contributed by atoms with Gasteiger partial charge in [0.15, 0.2) is 0 Å². The highest BCUT2D eigenvalue weighted by Gasteiger charge is 2.77. The lowest BCUT2D eigenvalue weighted by atomic mass is 9.78. The van der Waals surface area contributed by atoms with E-state index in [0.29, 0.717) is 0 Å². The first-order chi connectivity index (χ1) is 8.79. The van der Waals surface area contributed by atoms with Crippen LogP contribution in [0.1, 0.15) is 46.5 Å². The number of aliphatic hydroxyl groups is 1. The van der Waals surface area contributed by atoms with Crippen molar-refractivity contribution in [3.05, 3.63) is 11.1 Å². The normalized spacial score (nSPS) is 55.3. The van der Waals surface area contributed by atoms with Gasteiger partial charge in [-0.05, 0) is 45.6 Å². The maximum absolute atomic E-state index is 11.7. The minimum Gasteiger partial charge on any atom is -0.454 e. The minimum absolute atomic E-state index is 0.0782. The highest BCUT2D eigenvalue weighted by molar-refractivity contribution is 5.91.